The Bertz CT molecular complexity index is 1370. The van der Waals surface area contributed by atoms with Crippen LogP contribution in [0.3, 0.4) is 0 Å². The van der Waals surface area contributed by atoms with Gasteiger partial charge in [-0.1, -0.05) is 36.4 Å². The van der Waals surface area contributed by atoms with Gasteiger partial charge in [-0.05, 0) is 91.5 Å². The van der Waals surface area contributed by atoms with E-state index in [1.165, 1.54) is 12.1 Å². The molecule has 46 heavy (non-hydrogen) atoms. The average molecular weight is 705 g/mol. The van der Waals surface area contributed by atoms with Crippen molar-refractivity contribution >= 4 is 40.7 Å². The predicted octanol–water partition coefficient (Wildman–Crippen LogP) is 4.92. The number of ether oxygens (including phenoxy) is 2. The molecule has 0 aromatic heterocycles. The van der Waals surface area contributed by atoms with E-state index < -0.39 is 40.5 Å². The van der Waals surface area contributed by atoms with Crippen molar-refractivity contribution in [2.45, 2.75) is 92.3 Å². The van der Waals surface area contributed by atoms with E-state index in [4.69, 9.17) is 9.47 Å². The number of carbonyl (C=O) groups is 4. The zero-order chi connectivity index (χ0) is 33.6. The van der Waals surface area contributed by atoms with Crippen molar-refractivity contribution in [3.63, 3.8) is 0 Å². The van der Waals surface area contributed by atoms with Crippen LogP contribution in [0.25, 0.3) is 0 Å². The fourth-order valence-corrected chi connectivity index (χ4v) is 4.59. The smallest absolute Gasteiger partial charge is 0.316 e. The molecule has 0 spiro atoms. The van der Waals surface area contributed by atoms with Crippen LogP contribution in [-0.4, -0.2) is 65.0 Å². The van der Waals surface area contributed by atoms with Gasteiger partial charge in [-0.15, -0.1) is 17.0 Å². The summed E-state index contributed by atoms with van der Waals surface area (Å²) < 4.78 is 11.2. The van der Waals surface area contributed by atoms with Crippen LogP contribution in [0.1, 0.15) is 85.5 Å². The zero-order valence-corrected chi connectivity index (χ0v) is 30.0. The van der Waals surface area contributed by atoms with E-state index in [9.17, 15) is 24.3 Å². The van der Waals surface area contributed by atoms with Crippen LogP contribution in [-0.2, 0) is 25.6 Å². The maximum Gasteiger partial charge on any atom is 0.316 e. The van der Waals surface area contributed by atoms with Crippen LogP contribution in [0.4, 0.5) is 0 Å². The van der Waals surface area contributed by atoms with Crippen molar-refractivity contribution in [2.24, 2.45) is 10.8 Å². The summed E-state index contributed by atoms with van der Waals surface area (Å²) in [7, 11) is 0. The Balaban J connectivity index is 0.00000736. The van der Waals surface area contributed by atoms with Crippen molar-refractivity contribution in [3.05, 3.63) is 59.7 Å². The van der Waals surface area contributed by atoms with Crippen LogP contribution in [0, 0.1) is 10.8 Å². The molecule has 1 saturated heterocycles. The number of aliphatic hydroxyl groups excluding tert-OH is 1. The molecule has 0 radical (unpaired) electrons. The highest BCUT2D eigenvalue weighted by Gasteiger charge is 2.35. The Kier molecular flexibility index (Phi) is 13.5. The van der Waals surface area contributed by atoms with E-state index in [0.717, 1.165) is 12.0 Å². The van der Waals surface area contributed by atoms with Gasteiger partial charge >= 0.3 is 11.9 Å². The standard InChI is InChI=1S/C35H49N3O7.BrH/c1-33(2,3)31(42)44-27-17-16-24(20-28(27)45-32(43)34(4,5)6)26(39)21-37-35(7,8)22-36-30(41)25-15-12-18-38(25)29(40)19-23-13-10-9-11-14-23;/h9-11,13-14,16-17,20,25-26,37,39H,12,15,18-19,21-22H2,1-8H3,(H,36,41);1H/t25-,26?;/m1./s1. The van der Waals surface area contributed by atoms with Gasteiger partial charge in [-0.25, -0.2) is 0 Å². The molecule has 0 saturated carbocycles. The maximum atomic E-state index is 13.1. The van der Waals surface area contributed by atoms with Gasteiger partial charge in [-0.2, -0.15) is 0 Å². The molecule has 254 valence electrons. The van der Waals surface area contributed by atoms with Gasteiger partial charge < -0.3 is 30.1 Å². The molecule has 1 unspecified atom stereocenters. The van der Waals surface area contributed by atoms with Gasteiger partial charge in [0.05, 0.1) is 23.4 Å². The molecular weight excluding hydrogens is 654 g/mol. The summed E-state index contributed by atoms with van der Waals surface area (Å²) in [6, 6.07) is 13.6. The Hall–Kier alpha value is -3.28. The molecule has 3 N–H and O–H groups in total. The van der Waals surface area contributed by atoms with Gasteiger partial charge in [0.15, 0.2) is 11.5 Å². The van der Waals surface area contributed by atoms with E-state index in [1.54, 1.807) is 52.5 Å². The monoisotopic (exact) mass is 703 g/mol. The molecule has 1 fully saturated rings. The molecule has 11 heteroatoms. The minimum Gasteiger partial charge on any atom is -0.422 e. The van der Waals surface area contributed by atoms with Crippen molar-refractivity contribution in [3.8, 4) is 11.5 Å². The molecule has 2 atom stereocenters. The van der Waals surface area contributed by atoms with Gasteiger partial charge in [0, 0.05) is 25.2 Å². The number of amides is 2. The molecule has 0 aliphatic carbocycles. The number of aliphatic hydroxyl groups is 1. The summed E-state index contributed by atoms with van der Waals surface area (Å²) in [5.41, 5.74) is -0.814. The number of likely N-dealkylation sites (tertiary alicyclic amines) is 1. The lowest BCUT2D eigenvalue weighted by atomic mass is 9.97. The van der Waals surface area contributed by atoms with Gasteiger partial charge in [0.1, 0.15) is 6.04 Å². The average Bonchev–Trinajstić information content (AvgIpc) is 3.45. The lowest BCUT2D eigenvalue weighted by Gasteiger charge is -2.30. The highest BCUT2D eigenvalue weighted by atomic mass is 79.9. The number of rotatable bonds is 11. The number of benzene rings is 2. The van der Waals surface area contributed by atoms with Crippen molar-refractivity contribution < 1.29 is 33.8 Å². The first-order valence-corrected chi connectivity index (χ1v) is 15.5. The number of hydrogen-bond acceptors (Lipinski definition) is 8. The summed E-state index contributed by atoms with van der Waals surface area (Å²) in [4.78, 5) is 53.0. The normalized spacial score (nSPS) is 15.8. The Morgan fingerprint density at radius 2 is 1.48 bits per heavy atom. The third-order valence-corrected chi connectivity index (χ3v) is 7.54. The lowest BCUT2D eigenvalue weighted by Crippen LogP contribution is -2.53. The first-order valence-electron chi connectivity index (χ1n) is 15.5. The molecule has 1 heterocycles. The molecule has 10 nitrogen and oxygen atoms in total. The second kappa shape index (κ2) is 16.0. The predicted molar refractivity (Wildman–Crippen MR) is 182 cm³/mol. The fourth-order valence-electron chi connectivity index (χ4n) is 4.59. The summed E-state index contributed by atoms with van der Waals surface area (Å²) in [6.45, 7) is 15.1. The van der Waals surface area contributed by atoms with Gasteiger partial charge in [-0.3, -0.25) is 19.2 Å². The highest BCUT2D eigenvalue weighted by molar-refractivity contribution is 8.93. The van der Waals surface area contributed by atoms with Crippen LogP contribution in [0.2, 0.25) is 0 Å². The van der Waals surface area contributed by atoms with Crippen LogP contribution in [0.15, 0.2) is 48.5 Å². The van der Waals surface area contributed by atoms with Crippen LogP contribution < -0.4 is 20.1 Å². The van der Waals surface area contributed by atoms with Crippen LogP contribution in [0.5, 0.6) is 11.5 Å². The number of hydrogen-bond donors (Lipinski definition) is 3. The van der Waals surface area contributed by atoms with Crippen molar-refractivity contribution in [2.75, 3.05) is 19.6 Å². The fraction of sp³-hybridized carbons (Fsp3) is 0.543. The number of nitrogens with zero attached hydrogens (tertiary/aromatic N) is 1. The summed E-state index contributed by atoms with van der Waals surface area (Å²) >= 11 is 0. The second-order valence-corrected chi connectivity index (χ2v) is 14.4. The number of esters is 2. The SMILES string of the molecule is Br.CC(C)(CNC(=O)[C@H]1CCCN1C(=O)Cc1ccccc1)NCC(O)c1ccc(OC(=O)C(C)(C)C)c(OC(=O)C(C)(C)C)c1. The first kappa shape index (κ1) is 38.9. The van der Waals surface area contributed by atoms with Crippen molar-refractivity contribution in [1.29, 1.82) is 0 Å². The number of β-amino-alcohol motifs (C(OH)–C–C–N with tert-alkyl or cyclic N) is 1. The minimum atomic E-state index is -1.000. The Morgan fingerprint density at radius 1 is 0.891 bits per heavy atom. The first-order chi connectivity index (χ1) is 20.9. The summed E-state index contributed by atoms with van der Waals surface area (Å²) in [5.74, 6) is -1.14. The summed E-state index contributed by atoms with van der Waals surface area (Å²) in [5, 5.41) is 17.3. The molecule has 0 bridgehead atoms. The summed E-state index contributed by atoms with van der Waals surface area (Å²) in [6.07, 6.45) is 0.642. The third kappa shape index (κ3) is 11.2. The number of halogens is 1. The molecule has 3 rings (SSSR count). The molecule has 2 aromatic carbocycles. The molecule has 1 aliphatic rings. The van der Waals surface area contributed by atoms with E-state index in [1.807, 2.05) is 44.2 Å². The van der Waals surface area contributed by atoms with E-state index in [-0.39, 0.29) is 59.8 Å². The van der Waals surface area contributed by atoms with E-state index in [2.05, 4.69) is 10.6 Å². The molecular formula is C35H50BrN3O7. The van der Waals surface area contributed by atoms with E-state index in [0.29, 0.717) is 18.5 Å². The second-order valence-electron chi connectivity index (χ2n) is 14.4. The zero-order valence-electron chi connectivity index (χ0n) is 28.3. The highest BCUT2D eigenvalue weighted by Crippen LogP contribution is 2.34. The molecule has 2 amide bonds. The third-order valence-electron chi connectivity index (χ3n) is 7.54. The number of nitrogens with one attached hydrogen (secondary N) is 2. The van der Waals surface area contributed by atoms with Crippen LogP contribution >= 0.6 is 17.0 Å². The van der Waals surface area contributed by atoms with E-state index >= 15 is 0 Å². The molecule has 1 aliphatic heterocycles. The number of carbonyl (C=O) groups excluding carboxylic acids is 4. The maximum absolute atomic E-state index is 13.1. The van der Waals surface area contributed by atoms with Gasteiger partial charge in [0.25, 0.3) is 0 Å². The topological polar surface area (TPSA) is 134 Å². The largest absolute Gasteiger partial charge is 0.422 e. The molecule has 2 aromatic rings. The quantitative estimate of drug-likeness (QED) is 0.222. The van der Waals surface area contributed by atoms with Crippen molar-refractivity contribution in [1.82, 2.24) is 15.5 Å². The Morgan fingerprint density at radius 3 is 2.07 bits per heavy atom. The Labute approximate surface area is 283 Å². The minimum absolute atomic E-state index is 0. The lowest BCUT2D eigenvalue weighted by molar-refractivity contribution is -0.145. The van der Waals surface area contributed by atoms with Gasteiger partial charge in [0.2, 0.25) is 11.8 Å².